The number of ether oxygens (including phenoxy) is 1. The van der Waals surface area contributed by atoms with Crippen LogP contribution in [0.1, 0.15) is 45.1 Å². The first-order valence-electron chi connectivity index (χ1n) is 6.79. The lowest BCUT2D eigenvalue weighted by Gasteiger charge is -2.45. The van der Waals surface area contributed by atoms with E-state index < -0.39 is 0 Å². The van der Waals surface area contributed by atoms with Gasteiger partial charge in [-0.25, -0.2) is 0 Å². The lowest BCUT2D eigenvalue weighted by Crippen LogP contribution is -2.53. The van der Waals surface area contributed by atoms with Gasteiger partial charge in [-0.2, -0.15) is 0 Å². The summed E-state index contributed by atoms with van der Waals surface area (Å²) < 4.78 is 10.9. The van der Waals surface area contributed by atoms with E-state index in [1.807, 2.05) is 6.07 Å². The summed E-state index contributed by atoms with van der Waals surface area (Å²) in [6.07, 6.45) is 8.76. The SMILES string of the molecule is COC1(C(N)Cc2ccoc2)CCC(C)(C)CC1. The molecule has 1 atom stereocenters. The van der Waals surface area contributed by atoms with E-state index in [0.717, 1.165) is 24.8 Å². The molecule has 1 heterocycles. The Bertz CT molecular complexity index is 360. The zero-order valence-electron chi connectivity index (χ0n) is 11.7. The molecule has 1 aliphatic carbocycles. The highest BCUT2D eigenvalue weighted by Gasteiger charge is 2.42. The van der Waals surface area contributed by atoms with E-state index in [9.17, 15) is 0 Å². The minimum absolute atomic E-state index is 0.0381. The predicted octanol–water partition coefficient (Wildman–Crippen LogP) is 3.13. The zero-order valence-corrected chi connectivity index (χ0v) is 11.7. The summed E-state index contributed by atoms with van der Waals surface area (Å²) in [5, 5.41) is 0. The van der Waals surface area contributed by atoms with Crippen LogP contribution in [0.2, 0.25) is 0 Å². The molecule has 3 heteroatoms. The van der Waals surface area contributed by atoms with Crippen LogP contribution in [0, 0.1) is 5.41 Å². The van der Waals surface area contributed by atoms with E-state index in [4.69, 9.17) is 14.9 Å². The molecule has 0 amide bonds. The van der Waals surface area contributed by atoms with Gasteiger partial charge in [0.1, 0.15) is 0 Å². The van der Waals surface area contributed by atoms with Crippen molar-refractivity contribution in [3.05, 3.63) is 24.2 Å². The Kier molecular flexibility index (Phi) is 3.83. The summed E-state index contributed by atoms with van der Waals surface area (Å²) >= 11 is 0. The van der Waals surface area contributed by atoms with Crippen molar-refractivity contribution in [1.82, 2.24) is 0 Å². The zero-order chi connectivity index (χ0) is 13.2. The highest BCUT2D eigenvalue weighted by atomic mass is 16.5. The van der Waals surface area contributed by atoms with Crippen LogP contribution in [-0.4, -0.2) is 18.8 Å². The first-order chi connectivity index (χ1) is 8.47. The number of methoxy groups -OCH3 is 1. The van der Waals surface area contributed by atoms with Crippen LogP contribution in [0.5, 0.6) is 0 Å². The number of hydrogen-bond donors (Lipinski definition) is 1. The van der Waals surface area contributed by atoms with Crippen molar-refractivity contribution in [3.63, 3.8) is 0 Å². The summed E-state index contributed by atoms with van der Waals surface area (Å²) in [4.78, 5) is 0. The predicted molar refractivity (Wildman–Crippen MR) is 72.4 cm³/mol. The van der Waals surface area contributed by atoms with Crippen LogP contribution in [0.3, 0.4) is 0 Å². The minimum atomic E-state index is -0.160. The van der Waals surface area contributed by atoms with E-state index in [1.165, 1.54) is 12.8 Å². The van der Waals surface area contributed by atoms with Crippen LogP contribution in [0.25, 0.3) is 0 Å². The van der Waals surface area contributed by atoms with E-state index in [0.29, 0.717) is 5.41 Å². The van der Waals surface area contributed by atoms with E-state index in [2.05, 4.69) is 13.8 Å². The van der Waals surface area contributed by atoms with Crippen molar-refractivity contribution in [2.24, 2.45) is 11.1 Å². The van der Waals surface area contributed by atoms with Gasteiger partial charge in [0.2, 0.25) is 0 Å². The molecule has 2 rings (SSSR count). The number of rotatable bonds is 4. The molecule has 1 fully saturated rings. The monoisotopic (exact) mass is 251 g/mol. The van der Waals surface area contributed by atoms with Gasteiger partial charge < -0.3 is 14.9 Å². The maximum absolute atomic E-state index is 6.41. The number of furan rings is 1. The lowest BCUT2D eigenvalue weighted by molar-refractivity contribution is -0.0781. The Labute approximate surface area is 110 Å². The van der Waals surface area contributed by atoms with Crippen LogP contribution >= 0.6 is 0 Å². The second-order valence-corrected chi connectivity index (χ2v) is 6.38. The minimum Gasteiger partial charge on any atom is -0.472 e. The van der Waals surface area contributed by atoms with Gasteiger partial charge in [0.15, 0.2) is 0 Å². The molecule has 3 nitrogen and oxygen atoms in total. The second kappa shape index (κ2) is 5.06. The van der Waals surface area contributed by atoms with Gasteiger partial charge in [0, 0.05) is 13.2 Å². The van der Waals surface area contributed by atoms with Crippen molar-refractivity contribution >= 4 is 0 Å². The molecule has 0 aliphatic heterocycles. The summed E-state index contributed by atoms with van der Waals surface area (Å²) in [5.41, 5.74) is 7.83. The molecule has 1 aromatic rings. The number of hydrogen-bond acceptors (Lipinski definition) is 3. The highest BCUT2D eigenvalue weighted by Crippen LogP contribution is 2.43. The maximum Gasteiger partial charge on any atom is 0.0935 e. The van der Waals surface area contributed by atoms with Gasteiger partial charge in [0.25, 0.3) is 0 Å². The molecule has 1 aromatic heterocycles. The maximum atomic E-state index is 6.41. The Morgan fingerprint density at radius 1 is 1.33 bits per heavy atom. The first-order valence-corrected chi connectivity index (χ1v) is 6.79. The summed E-state index contributed by atoms with van der Waals surface area (Å²) in [6, 6.07) is 2.02. The number of nitrogens with two attached hydrogens (primary N) is 1. The smallest absolute Gasteiger partial charge is 0.0935 e. The Hall–Kier alpha value is -0.800. The fourth-order valence-electron chi connectivity index (χ4n) is 2.92. The molecule has 1 aliphatic rings. The summed E-state index contributed by atoms with van der Waals surface area (Å²) in [6.45, 7) is 4.66. The molecular weight excluding hydrogens is 226 g/mol. The normalized spacial score (nSPS) is 23.8. The van der Waals surface area contributed by atoms with Crippen LogP contribution in [0.15, 0.2) is 23.0 Å². The van der Waals surface area contributed by atoms with Gasteiger partial charge in [-0.15, -0.1) is 0 Å². The Morgan fingerprint density at radius 3 is 2.50 bits per heavy atom. The van der Waals surface area contributed by atoms with Crippen LogP contribution in [0.4, 0.5) is 0 Å². The standard InChI is InChI=1S/C15H25NO2/c1-14(2)5-7-15(17-3,8-6-14)13(16)10-12-4-9-18-11-12/h4,9,11,13H,5-8,10,16H2,1-3H3. The second-order valence-electron chi connectivity index (χ2n) is 6.38. The summed E-state index contributed by atoms with van der Waals surface area (Å²) in [5.74, 6) is 0. The molecule has 1 unspecified atom stereocenters. The third kappa shape index (κ3) is 2.78. The van der Waals surface area contributed by atoms with Crippen LogP contribution in [-0.2, 0) is 11.2 Å². The molecular formula is C15H25NO2. The molecule has 0 saturated heterocycles. The topological polar surface area (TPSA) is 48.4 Å². The average molecular weight is 251 g/mol. The van der Waals surface area contributed by atoms with Crippen LogP contribution < -0.4 is 5.73 Å². The quantitative estimate of drug-likeness (QED) is 0.894. The Morgan fingerprint density at radius 2 is 2.00 bits per heavy atom. The van der Waals surface area contributed by atoms with E-state index in [1.54, 1.807) is 19.6 Å². The molecule has 0 bridgehead atoms. The first kappa shape index (κ1) is 13.6. The molecule has 102 valence electrons. The molecule has 0 radical (unpaired) electrons. The molecule has 18 heavy (non-hydrogen) atoms. The van der Waals surface area contributed by atoms with Crippen molar-refractivity contribution in [2.45, 2.75) is 57.6 Å². The van der Waals surface area contributed by atoms with Crippen molar-refractivity contribution in [2.75, 3.05) is 7.11 Å². The Balaban J connectivity index is 2.03. The highest BCUT2D eigenvalue weighted by molar-refractivity contribution is 5.10. The van der Waals surface area contributed by atoms with Gasteiger partial charge in [-0.05, 0) is 49.1 Å². The third-order valence-electron chi connectivity index (χ3n) is 4.57. The van der Waals surface area contributed by atoms with Gasteiger partial charge in [-0.1, -0.05) is 13.8 Å². The molecule has 0 aromatic carbocycles. The van der Waals surface area contributed by atoms with Crippen molar-refractivity contribution in [3.8, 4) is 0 Å². The fraction of sp³-hybridized carbons (Fsp3) is 0.733. The van der Waals surface area contributed by atoms with Crippen molar-refractivity contribution < 1.29 is 9.15 Å². The van der Waals surface area contributed by atoms with Gasteiger partial charge in [-0.3, -0.25) is 0 Å². The molecule has 2 N–H and O–H groups in total. The molecule has 0 spiro atoms. The van der Waals surface area contributed by atoms with E-state index >= 15 is 0 Å². The van der Waals surface area contributed by atoms with Gasteiger partial charge >= 0.3 is 0 Å². The third-order valence-corrected chi connectivity index (χ3v) is 4.57. The van der Waals surface area contributed by atoms with Crippen molar-refractivity contribution in [1.29, 1.82) is 0 Å². The summed E-state index contributed by atoms with van der Waals surface area (Å²) in [7, 11) is 1.80. The average Bonchev–Trinajstić information content (AvgIpc) is 2.82. The lowest BCUT2D eigenvalue weighted by atomic mass is 9.68. The largest absolute Gasteiger partial charge is 0.472 e. The van der Waals surface area contributed by atoms with E-state index in [-0.39, 0.29) is 11.6 Å². The van der Waals surface area contributed by atoms with Gasteiger partial charge in [0.05, 0.1) is 18.1 Å². The fourth-order valence-corrected chi connectivity index (χ4v) is 2.92. The molecule has 1 saturated carbocycles.